The number of imidazole rings is 1. The van der Waals surface area contributed by atoms with Crippen LogP contribution in [0.25, 0.3) is 22.5 Å². The van der Waals surface area contributed by atoms with Crippen molar-refractivity contribution >= 4 is 29.2 Å². The highest BCUT2D eigenvalue weighted by molar-refractivity contribution is 6.34. The Bertz CT molecular complexity index is 859. The first-order valence-electron chi connectivity index (χ1n) is 6.39. The molecule has 22 heavy (non-hydrogen) atoms. The van der Waals surface area contributed by atoms with Crippen LogP contribution in [0.15, 0.2) is 48.7 Å². The van der Waals surface area contributed by atoms with Gasteiger partial charge in [-0.3, -0.25) is 0 Å². The minimum absolute atomic E-state index is 0.0232. The SMILES string of the molecule is O=C(O)c1cnc(-c2ccc(Cl)cc2-c2ccccc2Cl)[nH]1. The fraction of sp³-hybridized carbons (Fsp3) is 0. The second-order valence-corrected chi connectivity index (χ2v) is 5.46. The van der Waals surface area contributed by atoms with Gasteiger partial charge in [-0.05, 0) is 29.8 Å². The van der Waals surface area contributed by atoms with E-state index in [2.05, 4.69) is 9.97 Å². The quantitative estimate of drug-likeness (QED) is 0.727. The Balaban J connectivity index is 2.20. The predicted molar refractivity (Wildman–Crippen MR) is 86.4 cm³/mol. The van der Waals surface area contributed by atoms with Gasteiger partial charge in [0.15, 0.2) is 0 Å². The summed E-state index contributed by atoms with van der Waals surface area (Å²) < 4.78 is 0. The molecule has 1 heterocycles. The number of carbonyl (C=O) groups is 1. The van der Waals surface area contributed by atoms with E-state index in [-0.39, 0.29) is 5.69 Å². The maximum absolute atomic E-state index is 11.0. The Kier molecular flexibility index (Phi) is 3.88. The van der Waals surface area contributed by atoms with Crippen molar-refractivity contribution in [1.29, 1.82) is 0 Å². The van der Waals surface area contributed by atoms with Gasteiger partial charge < -0.3 is 10.1 Å². The van der Waals surface area contributed by atoms with Crippen LogP contribution in [-0.4, -0.2) is 21.0 Å². The van der Waals surface area contributed by atoms with Crippen LogP contribution in [0.5, 0.6) is 0 Å². The molecular weight excluding hydrogens is 323 g/mol. The third-order valence-corrected chi connectivity index (χ3v) is 3.77. The number of halogens is 2. The van der Waals surface area contributed by atoms with Gasteiger partial charge in [0.1, 0.15) is 11.5 Å². The van der Waals surface area contributed by atoms with Gasteiger partial charge in [0.25, 0.3) is 0 Å². The maximum atomic E-state index is 11.0. The fourth-order valence-corrected chi connectivity index (χ4v) is 2.60. The van der Waals surface area contributed by atoms with Crippen molar-refractivity contribution < 1.29 is 9.90 Å². The van der Waals surface area contributed by atoms with Gasteiger partial charge in [-0.1, -0.05) is 41.4 Å². The summed E-state index contributed by atoms with van der Waals surface area (Å²) in [7, 11) is 0. The van der Waals surface area contributed by atoms with E-state index >= 15 is 0 Å². The molecule has 0 radical (unpaired) electrons. The van der Waals surface area contributed by atoms with Crippen LogP contribution >= 0.6 is 23.2 Å². The van der Waals surface area contributed by atoms with Crippen molar-refractivity contribution in [2.45, 2.75) is 0 Å². The van der Waals surface area contributed by atoms with Crippen molar-refractivity contribution in [1.82, 2.24) is 9.97 Å². The number of aromatic amines is 1. The Morgan fingerprint density at radius 3 is 2.50 bits per heavy atom. The van der Waals surface area contributed by atoms with Gasteiger partial charge in [-0.2, -0.15) is 0 Å². The van der Waals surface area contributed by atoms with Crippen LogP contribution < -0.4 is 0 Å². The third-order valence-electron chi connectivity index (χ3n) is 3.21. The number of nitrogens with one attached hydrogen (secondary N) is 1. The lowest BCUT2D eigenvalue weighted by Gasteiger charge is -2.10. The van der Waals surface area contributed by atoms with Crippen molar-refractivity contribution in [2.75, 3.05) is 0 Å². The molecule has 2 N–H and O–H groups in total. The van der Waals surface area contributed by atoms with Gasteiger partial charge in [-0.15, -0.1) is 0 Å². The van der Waals surface area contributed by atoms with Gasteiger partial charge in [0, 0.05) is 21.2 Å². The first kappa shape index (κ1) is 14.6. The summed E-state index contributed by atoms with van der Waals surface area (Å²) in [6, 6.07) is 12.7. The molecule has 0 aliphatic rings. The number of benzene rings is 2. The average molecular weight is 333 g/mol. The summed E-state index contributed by atoms with van der Waals surface area (Å²) in [6.07, 6.45) is 1.28. The predicted octanol–water partition coefficient (Wildman–Crippen LogP) is 4.75. The molecule has 0 saturated carbocycles. The number of H-pyrrole nitrogens is 1. The molecule has 0 atom stereocenters. The molecule has 2 aromatic carbocycles. The average Bonchev–Trinajstić information content (AvgIpc) is 2.97. The number of hydrogen-bond donors (Lipinski definition) is 2. The van der Waals surface area contributed by atoms with Gasteiger partial charge in [-0.25, -0.2) is 9.78 Å². The Morgan fingerprint density at radius 1 is 1.05 bits per heavy atom. The largest absolute Gasteiger partial charge is 0.477 e. The fourth-order valence-electron chi connectivity index (χ4n) is 2.19. The lowest BCUT2D eigenvalue weighted by Crippen LogP contribution is -1.96. The molecular formula is C16H10Cl2N2O2. The maximum Gasteiger partial charge on any atom is 0.353 e. The summed E-state index contributed by atoms with van der Waals surface area (Å²) in [5.74, 6) is -0.615. The van der Waals surface area contributed by atoms with Gasteiger partial charge in [0.2, 0.25) is 0 Å². The molecule has 3 rings (SSSR count). The molecule has 0 spiro atoms. The van der Waals surface area contributed by atoms with Crippen LogP contribution in [0.3, 0.4) is 0 Å². The number of rotatable bonds is 3. The Labute approximate surface area is 136 Å². The summed E-state index contributed by atoms with van der Waals surface area (Å²) in [6.45, 7) is 0. The molecule has 0 fully saturated rings. The number of hydrogen-bond acceptors (Lipinski definition) is 2. The molecule has 110 valence electrons. The first-order valence-corrected chi connectivity index (χ1v) is 7.15. The van der Waals surface area contributed by atoms with E-state index in [1.165, 1.54) is 6.20 Å². The summed E-state index contributed by atoms with van der Waals surface area (Å²) in [4.78, 5) is 17.9. The highest BCUT2D eigenvalue weighted by Crippen LogP contribution is 2.36. The minimum Gasteiger partial charge on any atom is -0.477 e. The zero-order valence-corrected chi connectivity index (χ0v) is 12.7. The molecule has 0 bridgehead atoms. The highest BCUT2D eigenvalue weighted by Gasteiger charge is 2.15. The van der Waals surface area contributed by atoms with E-state index in [1.54, 1.807) is 24.3 Å². The Hall–Kier alpha value is -2.30. The number of carboxylic acid groups (broad SMARTS) is 1. The molecule has 0 aliphatic heterocycles. The summed E-state index contributed by atoms with van der Waals surface area (Å²) >= 11 is 12.4. The van der Waals surface area contributed by atoms with E-state index in [0.29, 0.717) is 15.9 Å². The van der Waals surface area contributed by atoms with Crippen molar-refractivity contribution in [3.8, 4) is 22.5 Å². The van der Waals surface area contributed by atoms with Crippen molar-refractivity contribution in [3.05, 3.63) is 64.4 Å². The van der Waals surface area contributed by atoms with Crippen LogP contribution in [0.2, 0.25) is 10.0 Å². The number of nitrogens with zero attached hydrogens (tertiary/aromatic N) is 1. The van der Waals surface area contributed by atoms with E-state index in [4.69, 9.17) is 28.3 Å². The van der Waals surface area contributed by atoms with Gasteiger partial charge >= 0.3 is 5.97 Å². The molecule has 0 unspecified atom stereocenters. The van der Waals surface area contributed by atoms with Crippen LogP contribution in [0.4, 0.5) is 0 Å². The molecule has 6 heteroatoms. The number of aromatic nitrogens is 2. The van der Waals surface area contributed by atoms with Gasteiger partial charge in [0.05, 0.1) is 6.20 Å². The second kappa shape index (κ2) is 5.83. The van der Waals surface area contributed by atoms with Crippen LogP contribution in [0, 0.1) is 0 Å². The lowest BCUT2D eigenvalue weighted by molar-refractivity contribution is 0.0691. The molecule has 4 nitrogen and oxygen atoms in total. The summed E-state index contributed by atoms with van der Waals surface area (Å²) in [5, 5.41) is 10.1. The van der Waals surface area contributed by atoms with E-state index in [1.807, 2.05) is 18.2 Å². The first-order chi connectivity index (χ1) is 10.6. The monoisotopic (exact) mass is 332 g/mol. The standard InChI is InChI=1S/C16H10Cl2N2O2/c17-9-5-6-11(15-19-8-14(20-15)16(21)22)12(7-9)10-3-1-2-4-13(10)18/h1-8H,(H,19,20)(H,21,22). The van der Waals surface area contributed by atoms with E-state index < -0.39 is 5.97 Å². The third kappa shape index (κ3) is 2.71. The minimum atomic E-state index is -1.06. The summed E-state index contributed by atoms with van der Waals surface area (Å²) in [5.41, 5.74) is 2.33. The Morgan fingerprint density at radius 2 is 1.82 bits per heavy atom. The molecule has 1 aromatic heterocycles. The molecule has 0 aliphatic carbocycles. The number of aromatic carboxylic acids is 1. The van der Waals surface area contributed by atoms with Crippen molar-refractivity contribution in [2.24, 2.45) is 0 Å². The van der Waals surface area contributed by atoms with Crippen LogP contribution in [0.1, 0.15) is 10.5 Å². The smallest absolute Gasteiger partial charge is 0.353 e. The zero-order chi connectivity index (χ0) is 15.7. The normalized spacial score (nSPS) is 10.6. The highest BCUT2D eigenvalue weighted by atomic mass is 35.5. The molecule has 0 amide bonds. The van der Waals surface area contributed by atoms with E-state index in [9.17, 15) is 4.79 Å². The van der Waals surface area contributed by atoms with Crippen LogP contribution in [-0.2, 0) is 0 Å². The second-order valence-electron chi connectivity index (χ2n) is 4.62. The van der Waals surface area contributed by atoms with Crippen molar-refractivity contribution in [3.63, 3.8) is 0 Å². The molecule has 0 saturated heterocycles. The number of carboxylic acids is 1. The molecule has 3 aromatic rings. The lowest BCUT2D eigenvalue weighted by atomic mass is 9.99. The topological polar surface area (TPSA) is 66.0 Å². The zero-order valence-electron chi connectivity index (χ0n) is 11.2. The van der Waals surface area contributed by atoms with E-state index in [0.717, 1.165) is 16.7 Å².